The first kappa shape index (κ1) is 19.6. The molecule has 0 saturated heterocycles. The van der Waals surface area contributed by atoms with Gasteiger partial charge in [0.2, 0.25) is 5.89 Å². The number of aromatic nitrogens is 3. The second-order valence-corrected chi connectivity index (χ2v) is 8.60. The highest BCUT2D eigenvalue weighted by molar-refractivity contribution is 6.00. The van der Waals surface area contributed by atoms with Crippen molar-refractivity contribution in [1.29, 1.82) is 0 Å². The molecule has 3 aromatic heterocycles. The van der Waals surface area contributed by atoms with E-state index in [0.29, 0.717) is 5.89 Å². The fourth-order valence-corrected chi connectivity index (χ4v) is 4.75. The quantitative estimate of drug-likeness (QED) is 0.275. The lowest BCUT2D eigenvalue weighted by molar-refractivity contribution is 0.620. The second kappa shape index (κ2) is 7.89. The van der Waals surface area contributed by atoms with E-state index in [9.17, 15) is 0 Å². The van der Waals surface area contributed by atoms with Gasteiger partial charge in [-0.15, -0.1) is 0 Å². The summed E-state index contributed by atoms with van der Waals surface area (Å²) in [4.78, 5) is 13.8. The monoisotopic (exact) mass is 449 g/mol. The maximum atomic E-state index is 6.17. The van der Waals surface area contributed by atoms with Gasteiger partial charge >= 0.3 is 0 Å². The molecule has 0 saturated carbocycles. The molecule has 0 aliphatic heterocycles. The highest BCUT2D eigenvalue weighted by Crippen LogP contribution is 2.37. The van der Waals surface area contributed by atoms with Gasteiger partial charge in [0.15, 0.2) is 5.58 Å². The van der Waals surface area contributed by atoms with Crippen LogP contribution >= 0.6 is 0 Å². The van der Waals surface area contributed by atoms with Crippen molar-refractivity contribution in [2.75, 3.05) is 0 Å². The third kappa shape index (κ3) is 3.35. The van der Waals surface area contributed by atoms with Crippen molar-refractivity contribution in [3.63, 3.8) is 0 Å². The summed E-state index contributed by atoms with van der Waals surface area (Å²) in [5.41, 5.74) is 6.76. The van der Waals surface area contributed by atoms with Crippen LogP contribution in [0.1, 0.15) is 0 Å². The minimum atomic E-state index is 0.593. The van der Waals surface area contributed by atoms with E-state index in [0.717, 1.165) is 60.5 Å². The Labute approximate surface area is 201 Å². The number of pyridine rings is 2. The zero-order valence-corrected chi connectivity index (χ0v) is 18.7. The number of nitrogens with zero attached hydrogens (tertiary/aromatic N) is 3. The predicted octanol–water partition coefficient (Wildman–Crippen LogP) is 7.93. The summed E-state index contributed by atoms with van der Waals surface area (Å²) in [6.07, 6.45) is 7.66. The zero-order chi connectivity index (χ0) is 23.2. The van der Waals surface area contributed by atoms with Gasteiger partial charge in [0.25, 0.3) is 0 Å². The average molecular weight is 450 g/mol. The van der Waals surface area contributed by atoms with Crippen LogP contribution in [0.25, 0.3) is 66.4 Å². The predicted molar refractivity (Wildman–Crippen MR) is 141 cm³/mol. The van der Waals surface area contributed by atoms with Crippen molar-refractivity contribution in [2.24, 2.45) is 0 Å². The van der Waals surface area contributed by atoms with Crippen molar-refractivity contribution in [2.45, 2.75) is 0 Å². The lowest BCUT2D eigenvalue weighted by Gasteiger charge is -2.12. The molecule has 0 amide bonds. The Hall–Kier alpha value is -4.83. The van der Waals surface area contributed by atoms with Crippen LogP contribution in [0.3, 0.4) is 0 Å². The van der Waals surface area contributed by atoms with E-state index in [1.807, 2.05) is 61.2 Å². The first-order valence-corrected chi connectivity index (χ1v) is 11.5. The van der Waals surface area contributed by atoms with E-state index in [-0.39, 0.29) is 0 Å². The van der Waals surface area contributed by atoms with E-state index in [2.05, 4.69) is 64.6 Å². The van der Waals surface area contributed by atoms with E-state index in [4.69, 9.17) is 9.40 Å². The van der Waals surface area contributed by atoms with Gasteiger partial charge in [-0.3, -0.25) is 9.97 Å². The average Bonchev–Trinajstić information content (AvgIpc) is 3.37. The molecule has 0 radical (unpaired) electrons. The summed E-state index contributed by atoms with van der Waals surface area (Å²) in [6.45, 7) is 0. The van der Waals surface area contributed by atoms with E-state index >= 15 is 0 Å². The van der Waals surface area contributed by atoms with Gasteiger partial charge in [0.1, 0.15) is 5.52 Å². The molecule has 7 rings (SSSR count). The minimum absolute atomic E-state index is 0.593. The number of oxazole rings is 1. The molecule has 4 heteroatoms. The molecule has 4 nitrogen and oxygen atoms in total. The summed E-state index contributed by atoms with van der Waals surface area (Å²) in [5.74, 6) is 0.593. The van der Waals surface area contributed by atoms with Gasteiger partial charge in [-0.25, -0.2) is 4.98 Å². The van der Waals surface area contributed by atoms with E-state index < -0.39 is 0 Å². The Bertz CT molecular complexity index is 1730. The number of hydrogen-bond acceptors (Lipinski definition) is 4. The van der Waals surface area contributed by atoms with Crippen molar-refractivity contribution >= 4 is 32.6 Å². The van der Waals surface area contributed by atoms with Crippen LogP contribution in [0.15, 0.2) is 120 Å². The maximum absolute atomic E-state index is 6.17. The minimum Gasteiger partial charge on any atom is -0.436 e. The van der Waals surface area contributed by atoms with Gasteiger partial charge in [-0.1, -0.05) is 60.7 Å². The molecule has 0 aliphatic rings. The standard InChI is InChI=1S/C31H19N3O/c1-3-9-25-20(7-1)16-32-18-27(25)22-13-23(28-19-33-17-21-8-2-4-10-26(21)28)15-24(14-22)31-34-29-11-5-6-12-30(29)35-31/h1-19H. The third-order valence-corrected chi connectivity index (χ3v) is 6.43. The zero-order valence-electron chi connectivity index (χ0n) is 18.7. The van der Waals surface area contributed by atoms with Crippen LogP contribution in [-0.2, 0) is 0 Å². The van der Waals surface area contributed by atoms with E-state index in [1.54, 1.807) is 0 Å². The number of benzene rings is 4. The lowest BCUT2D eigenvalue weighted by atomic mass is 9.93. The number of fused-ring (bicyclic) bond motifs is 3. The number of hydrogen-bond donors (Lipinski definition) is 0. The Morgan fingerprint density at radius 1 is 0.514 bits per heavy atom. The molecule has 7 aromatic rings. The van der Waals surface area contributed by atoms with Gasteiger partial charge < -0.3 is 4.42 Å². The smallest absolute Gasteiger partial charge is 0.227 e. The molecule has 35 heavy (non-hydrogen) atoms. The van der Waals surface area contributed by atoms with Crippen molar-refractivity contribution in [1.82, 2.24) is 15.0 Å². The summed E-state index contributed by atoms with van der Waals surface area (Å²) in [7, 11) is 0. The number of para-hydroxylation sites is 2. The molecule has 3 heterocycles. The largest absolute Gasteiger partial charge is 0.436 e. The molecular weight excluding hydrogens is 430 g/mol. The molecule has 0 bridgehead atoms. The SMILES string of the molecule is c1ccc2c(-c3cc(-c4nc5ccccc5o4)cc(-c4cncc5ccccc45)c3)cncc2c1. The maximum Gasteiger partial charge on any atom is 0.227 e. The summed E-state index contributed by atoms with van der Waals surface area (Å²) >= 11 is 0. The molecule has 164 valence electrons. The van der Waals surface area contributed by atoms with Gasteiger partial charge in [0, 0.05) is 52.3 Å². The lowest BCUT2D eigenvalue weighted by Crippen LogP contribution is -1.90. The van der Waals surface area contributed by atoms with Gasteiger partial charge in [0.05, 0.1) is 0 Å². The van der Waals surface area contributed by atoms with Crippen molar-refractivity contribution < 1.29 is 4.42 Å². The molecule has 0 atom stereocenters. The molecule has 4 aromatic carbocycles. The van der Waals surface area contributed by atoms with Crippen molar-refractivity contribution in [3.8, 4) is 33.7 Å². The van der Waals surface area contributed by atoms with Crippen LogP contribution in [-0.4, -0.2) is 15.0 Å². The van der Waals surface area contributed by atoms with Crippen LogP contribution < -0.4 is 0 Å². The van der Waals surface area contributed by atoms with E-state index in [1.165, 1.54) is 0 Å². The Kier molecular flexibility index (Phi) is 4.42. The Balaban J connectivity index is 1.52. The fourth-order valence-electron chi connectivity index (χ4n) is 4.75. The second-order valence-electron chi connectivity index (χ2n) is 8.60. The molecule has 0 aliphatic carbocycles. The molecule has 0 fully saturated rings. The third-order valence-electron chi connectivity index (χ3n) is 6.43. The first-order chi connectivity index (χ1) is 17.3. The Morgan fingerprint density at radius 3 is 1.69 bits per heavy atom. The summed E-state index contributed by atoms with van der Waals surface area (Å²) in [5, 5.41) is 4.51. The molecule has 0 spiro atoms. The van der Waals surface area contributed by atoms with Gasteiger partial charge in [-0.2, -0.15) is 0 Å². The van der Waals surface area contributed by atoms with Gasteiger partial charge in [-0.05, 0) is 52.2 Å². The van der Waals surface area contributed by atoms with Crippen LogP contribution in [0, 0.1) is 0 Å². The molecular formula is C31H19N3O. The summed E-state index contributed by atoms with van der Waals surface area (Å²) < 4.78 is 6.17. The van der Waals surface area contributed by atoms with Crippen LogP contribution in [0.4, 0.5) is 0 Å². The van der Waals surface area contributed by atoms with Crippen molar-refractivity contribution in [3.05, 3.63) is 116 Å². The molecule has 0 unspecified atom stereocenters. The number of rotatable bonds is 3. The highest BCUT2D eigenvalue weighted by Gasteiger charge is 2.15. The van der Waals surface area contributed by atoms with Crippen LogP contribution in [0.5, 0.6) is 0 Å². The normalized spacial score (nSPS) is 11.4. The first-order valence-electron chi connectivity index (χ1n) is 11.5. The highest BCUT2D eigenvalue weighted by atomic mass is 16.3. The Morgan fingerprint density at radius 2 is 1.06 bits per heavy atom. The molecule has 0 N–H and O–H groups in total. The topological polar surface area (TPSA) is 51.8 Å². The fraction of sp³-hybridized carbons (Fsp3) is 0. The van der Waals surface area contributed by atoms with Crippen LogP contribution in [0.2, 0.25) is 0 Å². The summed E-state index contributed by atoms with van der Waals surface area (Å²) in [6, 6.07) is 31.0.